The van der Waals surface area contributed by atoms with Gasteiger partial charge >= 0.3 is 0 Å². The molecule has 0 radical (unpaired) electrons. The van der Waals surface area contributed by atoms with Crippen LogP contribution in [-0.2, 0) is 17.8 Å². The minimum absolute atomic E-state index is 0.218. The zero-order valence-electron chi connectivity index (χ0n) is 17.6. The highest BCUT2D eigenvalue weighted by atomic mass is 32.1. The van der Waals surface area contributed by atoms with Crippen molar-refractivity contribution < 1.29 is 4.79 Å². The number of likely N-dealkylation sites (N-methyl/N-ethyl adjacent to an activating group) is 1. The fourth-order valence-electron chi connectivity index (χ4n) is 4.22. The van der Waals surface area contributed by atoms with Crippen molar-refractivity contribution in [1.82, 2.24) is 19.7 Å². The zero-order valence-corrected chi connectivity index (χ0v) is 18.5. The van der Waals surface area contributed by atoms with Crippen LogP contribution in [-0.4, -0.2) is 71.9 Å². The van der Waals surface area contributed by atoms with Gasteiger partial charge in [0.25, 0.3) is 0 Å². The van der Waals surface area contributed by atoms with Crippen LogP contribution in [0.2, 0.25) is 0 Å². The van der Waals surface area contributed by atoms with Crippen LogP contribution < -0.4 is 0 Å². The Morgan fingerprint density at radius 2 is 1.90 bits per heavy atom. The second-order valence-corrected chi connectivity index (χ2v) is 9.54. The minimum atomic E-state index is 0.218. The number of hydrogen-bond acceptors (Lipinski definition) is 5. The molecule has 4 rings (SSSR count). The number of carbonyl (C=O) groups is 1. The van der Waals surface area contributed by atoms with Crippen molar-refractivity contribution in [2.75, 3.05) is 46.3 Å². The molecular weight excluding hydrogens is 380 g/mol. The van der Waals surface area contributed by atoms with Crippen LogP contribution >= 0.6 is 11.3 Å². The standard InChI is InChI=1S/C23H32N4OS/c1-18-4-3-9-27(15-18)22(28)14-21-17-29-23(24-21)20-7-5-19(6-8-20)16-26-12-10-25(2)11-13-26/h5-8,17-18H,3-4,9-16H2,1-2H3. The summed E-state index contributed by atoms with van der Waals surface area (Å²) in [5.41, 5.74) is 3.39. The predicted molar refractivity (Wildman–Crippen MR) is 119 cm³/mol. The Kier molecular flexibility index (Phi) is 6.63. The molecule has 0 spiro atoms. The van der Waals surface area contributed by atoms with E-state index in [2.05, 4.69) is 48.0 Å². The molecule has 5 nitrogen and oxygen atoms in total. The number of carbonyl (C=O) groups excluding carboxylic acids is 1. The van der Waals surface area contributed by atoms with Crippen LogP contribution in [0.1, 0.15) is 31.0 Å². The van der Waals surface area contributed by atoms with Crippen molar-refractivity contribution in [3.63, 3.8) is 0 Å². The Labute approximate surface area is 178 Å². The van der Waals surface area contributed by atoms with Gasteiger partial charge in [0.05, 0.1) is 12.1 Å². The molecule has 29 heavy (non-hydrogen) atoms. The second kappa shape index (κ2) is 9.37. The number of rotatable bonds is 5. The van der Waals surface area contributed by atoms with Gasteiger partial charge in [-0.05, 0) is 31.4 Å². The molecule has 0 saturated carbocycles. The van der Waals surface area contributed by atoms with Crippen LogP contribution in [0.15, 0.2) is 29.6 Å². The second-order valence-electron chi connectivity index (χ2n) is 8.68. The fourth-order valence-corrected chi connectivity index (χ4v) is 5.05. The first-order valence-corrected chi connectivity index (χ1v) is 11.7. The van der Waals surface area contributed by atoms with Gasteiger partial charge < -0.3 is 9.80 Å². The molecule has 2 saturated heterocycles. The molecule has 2 aliphatic heterocycles. The van der Waals surface area contributed by atoms with Gasteiger partial charge in [-0.25, -0.2) is 4.98 Å². The SMILES string of the molecule is CC1CCCN(C(=O)Cc2csc(-c3ccc(CN4CCN(C)CC4)cc3)n2)C1. The normalized spacial score (nSPS) is 21.4. The Hall–Kier alpha value is -1.76. The van der Waals surface area contributed by atoms with Gasteiger partial charge in [-0.3, -0.25) is 9.69 Å². The van der Waals surface area contributed by atoms with E-state index in [9.17, 15) is 4.79 Å². The Morgan fingerprint density at radius 1 is 1.14 bits per heavy atom. The number of benzene rings is 1. The van der Waals surface area contributed by atoms with E-state index in [4.69, 9.17) is 4.98 Å². The van der Waals surface area contributed by atoms with Crippen LogP contribution in [0.5, 0.6) is 0 Å². The summed E-state index contributed by atoms with van der Waals surface area (Å²) in [5, 5.41) is 3.05. The summed E-state index contributed by atoms with van der Waals surface area (Å²) in [6.45, 7) is 9.60. The Bertz CT molecular complexity index is 811. The summed E-state index contributed by atoms with van der Waals surface area (Å²) in [6.07, 6.45) is 2.77. The maximum Gasteiger partial charge on any atom is 0.228 e. The van der Waals surface area contributed by atoms with Crippen molar-refractivity contribution in [2.45, 2.75) is 32.7 Å². The van der Waals surface area contributed by atoms with Gasteiger partial charge in [0.15, 0.2) is 0 Å². The molecule has 2 aromatic rings. The molecule has 0 N–H and O–H groups in total. The van der Waals surface area contributed by atoms with E-state index in [1.807, 2.05) is 10.3 Å². The van der Waals surface area contributed by atoms with E-state index < -0.39 is 0 Å². The van der Waals surface area contributed by atoms with E-state index in [-0.39, 0.29) is 5.91 Å². The highest BCUT2D eigenvalue weighted by Crippen LogP contribution is 2.25. The molecule has 6 heteroatoms. The largest absolute Gasteiger partial charge is 0.342 e. The van der Waals surface area contributed by atoms with E-state index in [1.165, 1.54) is 12.0 Å². The first kappa shape index (κ1) is 20.5. The minimum Gasteiger partial charge on any atom is -0.342 e. The molecule has 0 bridgehead atoms. The third-order valence-electron chi connectivity index (χ3n) is 6.10. The number of amides is 1. The smallest absolute Gasteiger partial charge is 0.228 e. The molecule has 1 amide bonds. The monoisotopic (exact) mass is 412 g/mol. The van der Waals surface area contributed by atoms with Gasteiger partial charge in [0.2, 0.25) is 5.91 Å². The first-order chi connectivity index (χ1) is 14.1. The summed E-state index contributed by atoms with van der Waals surface area (Å²) in [7, 11) is 2.19. The van der Waals surface area contributed by atoms with Gasteiger partial charge in [-0.15, -0.1) is 11.3 Å². The maximum absolute atomic E-state index is 12.6. The van der Waals surface area contributed by atoms with Gasteiger partial charge in [-0.2, -0.15) is 0 Å². The summed E-state index contributed by atoms with van der Waals surface area (Å²) in [6, 6.07) is 8.77. The van der Waals surface area contributed by atoms with Crippen molar-refractivity contribution in [3.05, 3.63) is 40.9 Å². The fraction of sp³-hybridized carbons (Fsp3) is 0.565. The average molecular weight is 413 g/mol. The number of piperidine rings is 1. The van der Waals surface area contributed by atoms with Crippen molar-refractivity contribution in [1.29, 1.82) is 0 Å². The predicted octanol–water partition coefficient (Wildman–Crippen LogP) is 3.36. The first-order valence-electron chi connectivity index (χ1n) is 10.8. The molecular formula is C23H32N4OS. The van der Waals surface area contributed by atoms with E-state index in [0.717, 1.165) is 68.5 Å². The number of nitrogens with zero attached hydrogens (tertiary/aromatic N) is 4. The summed E-state index contributed by atoms with van der Waals surface area (Å²) in [5.74, 6) is 0.832. The molecule has 0 aliphatic carbocycles. The summed E-state index contributed by atoms with van der Waals surface area (Å²) < 4.78 is 0. The molecule has 1 aromatic heterocycles. The third kappa shape index (κ3) is 5.44. The number of piperazine rings is 1. The lowest BCUT2D eigenvalue weighted by molar-refractivity contribution is -0.132. The van der Waals surface area contributed by atoms with Crippen molar-refractivity contribution in [2.24, 2.45) is 5.92 Å². The highest BCUT2D eigenvalue weighted by Gasteiger charge is 2.22. The molecule has 156 valence electrons. The van der Waals surface area contributed by atoms with Gasteiger partial charge in [0, 0.05) is 56.8 Å². The molecule has 1 unspecified atom stereocenters. The van der Waals surface area contributed by atoms with Crippen LogP contribution in [0.3, 0.4) is 0 Å². The number of likely N-dealkylation sites (tertiary alicyclic amines) is 1. The summed E-state index contributed by atoms with van der Waals surface area (Å²) in [4.78, 5) is 24.3. The lowest BCUT2D eigenvalue weighted by Crippen LogP contribution is -2.43. The molecule has 2 aliphatic rings. The quantitative estimate of drug-likeness (QED) is 0.755. The topological polar surface area (TPSA) is 39.7 Å². The van der Waals surface area contributed by atoms with E-state index in [0.29, 0.717) is 12.3 Å². The number of aromatic nitrogens is 1. The van der Waals surface area contributed by atoms with Crippen molar-refractivity contribution >= 4 is 17.2 Å². The molecule has 3 heterocycles. The van der Waals surface area contributed by atoms with Crippen molar-refractivity contribution in [3.8, 4) is 10.6 Å². The number of thiazole rings is 1. The van der Waals surface area contributed by atoms with Crippen LogP contribution in [0.25, 0.3) is 10.6 Å². The zero-order chi connectivity index (χ0) is 20.2. The maximum atomic E-state index is 12.6. The summed E-state index contributed by atoms with van der Waals surface area (Å²) >= 11 is 1.64. The Balaban J connectivity index is 1.33. The van der Waals surface area contributed by atoms with E-state index >= 15 is 0 Å². The Morgan fingerprint density at radius 3 is 2.62 bits per heavy atom. The highest BCUT2D eigenvalue weighted by molar-refractivity contribution is 7.13. The average Bonchev–Trinajstić information content (AvgIpc) is 3.19. The number of hydrogen-bond donors (Lipinski definition) is 0. The van der Waals surface area contributed by atoms with Gasteiger partial charge in [0.1, 0.15) is 5.01 Å². The molecule has 1 aromatic carbocycles. The van der Waals surface area contributed by atoms with E-state index in [1.54, 1.807) is 11.3 Å². The molecule has 1 atom stereocenters. The molecule has 2 fully saturated rings. The lowest BCUT2D eigenvalue weighted by atomic mass is 10.00. The van der Waals surface area contributed by atoms with Crippen LogP contribution in [0.4, 0.5) is 0 Å². The lowest BCUT2D eigenvalue weighted by Gasteiger charge is -2.32. The third-order valence-corrected chi connectivity index (χ3v) is 7.04. The van der Waals surface area contributed by atoms with Gasteiger partial charge in [-0.1, -0.05) is 31.2 Å². The van der Waals surface area contributed by atoms with Crippen LogP contribution in [0, 0.1) is 5.92 Å².